The van der Waals surface area contributed by atoms with Crippen molar-refractivity contribution in [3.63, 3.8) is 0 Å². The summed E-state index contributed by atoms with van der Waals surface area (Å²) < 4.78 is 0. The third-order valence-corrected chi connectivity index (χ3v) is 4.54. The van der Waals surface area contributed by atoms with E-state index in [0.717, 1.165) is 5.56 Å². The number of amides is 2. The number of rotatable bonds is 6. The highest BCUT2D eigenvalue weighted by molar-refractivity contribution is 7.99. The minimum absolute atomic E-state index is 0.214. The lowest BCUT2D eigenvalue weighted by atomic mass is 10.1. The molecule has 2 rings (SSSR count). The van der Waals surface area contributed by atoms with Crippen LogP contribution in [0.3, 0.4) is 0 Å². The van der Waals surface area contributed by atoms with Gasteiger partial charge in [0, 0.05) is 15.8 Å². The molecule has 2 aromatic carbocycles. The van der Waals surface area contributed by atoms with Crippen LogP contribution in [0.25, 0.3) is 0 Å². The number of primary amides is 1. The Kier molecular flexibility index (Phi) is 6.33. The molecule has 0 aromatic heterocycles. The third kappa shape index (κ3) is 5.16. The minimum atomic E-state index is -0.582. The SMILES string of the molecule is NC(=O)c1ccccc1NC(=O)CSCc1ccc(Cl)cc1Cl. The van der Waals surface area contributed by atoms with Crippen molar-refractivity contribution < 1.29 is 9.59 Å². The highest BCUT2D eigenvalue weighted by atomic mass is 35.5. The summed E-state index contributed by atoms with van der Waals surface area (Å²) >= 11 is 13.3. The normalized spacial score (nSPS) is 10.3. The molecule has 0 atom stereocenters. The molecule has 2 amide bonds. The summed E-state index contributed by atoms with van der Waals surface area (Å²) in [5.74, 6) is 0.0164. The van der Waals surface area contributed by atoms with E-state index in [1.54, 1.807) is 36.4 Å². The minimum Gasteiger partial charge on any atom is -0.366 e. The molecule has 0 saturated carbocycles. The maximum absolute atomic E-state index is 12.0. The Balaban J connectivity index is 1.90. The summed E-state index contributed by atoms with van der Waals surface area (Å²) in [7, 11) is 0. The van der Waals surface area contributed by atoms with Crippen LogP contribution in [0.1, 0.15) is 15.9 Å². The molecule has 0 aliphatic rings. The second kappa shape index (κ2) is 8.24. The number of carbonyl (C=O) groups excluding carboxylic acids is 2. The molecule has 0 aliphatic carbocycles. The van der Waals surface area contributed by atoms with E-state index in [2.05, 4.69) is 5.32 Å². The molecule has 7 heteroatoms. The highest BCUT2D eigenvalue weighted by Gasteiger charge is 2.10. The van der Waals surface area contributed by atoms with Crippen LogP contribution < -0.4 is 11.1 Å². The van der Waals surface area contributed by atoms with Crippen molar-refractivity contribution >= 4 is 52.5 Å². The molecule has 0 bridgehead atoms. The fourth-order valence-corrected chi connectivity index (χ4v) is 3.27. The summed E-state index contributed by atoms with van der Waals surface area (Å²) in [4.78, 5) is 23.3. The fourth-order valence-electron chi connectivity index (χ4n) is 1.89. The number of benzene rings is 2. The molecule has 0 saturated heterocycles. The van der Waals surface area contributed by atoms with Gasteiger partial charge in [-0.2, -0.15) is 0 Å². The quantitative estimate of drug-likeness (QED) is 0.810. The molecule has 0 radical (unpaired) electrons. The highest BCUT2D eigenvalue weighted by Crippen LogP contribution is 2.25. The van der Waals surface area contributed by atoms with Gasteiger partial charge in [0.05, 0.1) is 17.0 Å². The van der Waals surface area contributed by atoms with Crippen LogP contribution in [0.15, 0.2) is 42.5 Å². The Bertz CT molecular complexity index is 738. The second-order valence-corrected chi connectivity index (χ2v) is 6.52. The van der Waals surface area contributed by atoms with Crippen LogP contribution in [0.5, 0.6) is 0 Å². The van der Waals surface area contributed by atoms with Crippen LogP contribution in [-0.2, 0) is 10.5 Å². The van der Waals surface area contributed by atoms with Gasteiger partial charge < -0.3 is 11.1 Å². The predicted octanol–water partition coefficient (Wildman–Crippen LogP) is 3.96. The van der Waals surface area contributed by atoms with E-state index >= 15 is 0 Å². The van der Waals surface area contributed by atoms with Gasteiger partial charge in [-0.1, -0.05) is 41.4 Å². The number of hydrogen-bond donors (Lipinski definition) is 2. The van der Waals surface area contributed by atoms with Crippen molar-refractivity contribution in [3.05, 3.63) is 63.6 Å². The first-order valence-corrected chi connectivity index (χ1v) is 8.59. The lowest BCUT2D eigenvalue weighted by Crippen LogP contribution is -2.19. The topological polar surface area (TPSA) is 72.2 Å². The third-order valence-electron chi connectivity index (χ3n) is 2.97. The van der Waals surface area contributed by atoms with Crippen LogP contribution >= 0.6 is 35.0 Å². The Labute approximate surface area is 148 Å². The smallest absolute Gasteiger partial charge is 0.250 e. The van der Waals surface area contributed by atoms with Crippen LogP contribution in [0.4, 0.5) is 5.69 Å². The number of hydrogen-bond acceptors (Lipinski definition) is 3. The van der Waals surface area contributed by atoms with Gasteiger partial charge >= 0.3 is 0 Å². The molecule has 23 heavy (non-hydrogen) atoms. The molecule has 0 spiro atoms. The van der Waals surface area contributed by atoms with Gasteiger partial charge in [-0.25, -0.2) is 0 Å². The van der Waals surface area contributed by atoms with Gasteiger partial charge in [0.2, 0.25) is 5.91 Å². The Morgan fingerprint density at radius 2 is 1.87 bits per heavy atom. The maximum Gasteiger partial charge on any atom is 0.250 e. The average Bonchev–Trinajstić information content (AvgIpc) is 2.50. The van der Waals surface area contributed by atoms with Crippen molar-refractivity contribution in [2.24, 2.45) is 5.73 Å². The molecule has 0 heterocycles. The lowest BCUT2D eigenvalue weighted by molar-refractivity contribution is -0.113. The van der Waals surface area contributed by atoms with Gasteiger partial charge in [-0.15, -0.1) is 11.8 Å². The van der Waals surface area contributed by atoms with Crippen molar-refractivity contribution in [1.29, 1.82) is 0 Å². The molecule has 2 aromatic rings. The van der Waals surface area contributed by atoms with E-state index in [1.165, 1.54) is 11.8 Å². The number of carbonyl (C=O) groups is 2. The van der Waals surface area contributed by atoms with Crippen LogP contribution in [0.2, 0.25) is 10.0 Å². The zero-order valence-corrected chi connectivity index (χ0v) is 14.3. The Hall–Kier alpha value is -1.69. The Morgan fingerprint density at radius 3 is 2.57 bits per heavy atom. The van der Waals surface area contributed by atoms with E-state index in [1.807, 2.05) is 6.07 Å². The van der Waals surface area contributed by atoms with E-state index in [0.29, 0.717) is 21.5 Å². The van der Waals surface area contributed by atoms with Crippen molar-refractivity contribution in [2.45, 2.75) is 5.75 Å². The summed E-state index contributed by atoms with van der Waals surface area (Å²) in [6, 6.07) is 11.9. The van der Waals surface area contributed by atoms with Crippen molar-refractivity contribution in [2.75, 3.05) is 11.1 Å². The van der Waals surface area contributed by atoms with E-state index in [-0.39, 0.29) is 17.2 Å². The molecule has 0 aliphatic heterocycles. The molecule has 0 fully saturated rings. The average molecular weight is 369 g/mol. The first-order chi connectivity index (χ1) is 11.0. The molecular weight excluding hydrogens is 355 g/mol. The standard InChI is InChI=1S/C16H14Cl2N2O2S/c17-11-6-5-10(13(18)7-11)8-23-9-15(21)20-14-4-2-1-3-12(14)16(19)22/h1-7H,8-9H2,(H2,19,22)(H,20,21). The Morgan fingerprint density at radius 1 is 1.13 bits per heavy atom. The molecule has 4 nitrogen and oxygen atoms in total. The number of thioether (sulfide) groups is 1. The van der Waals surface area contributed by atoms with Gasteiger partial charge in [-0.3, -0.25) is 9.59 Å². The summed E-state index contributed by atoms with van der Waals surface area (Å²) in [5.41, 5.74) is 6.88. The fraction of sp³-hybridized carbons (Fsp3) is 0.125. The van der Waals surface area contributed by atoms with E-state index in [4.69, 9.17) is 28.9 Å². The predicted molar refractivity (Wildman–Crippen MR) is 96.2 cm³/mol. The first kappa shape index (κ1) is 17.7. The van der Waals surface area contributed by atoms with Gasteiger partial charge in [-0.05, 0) is 29.8 Å². The monoisotopic (exact) mass is 368 g/mol. The molecular formula is C16H14Cl2N2O2S. The number of anilines is 1. The largest absolute Gasteiger partial charge is 0.366 e. The van der Waals surface area contributed by atoms with Gasteiger partial charge in [0.1, 0.15) is 0 Å². The zero-order valence-electron chi connectivity index (χ0n) is 12.0. The zero-order chi connectivity index (χ0) is 16.8. The van der Waals surface area contributed by atoms with E-state index < -0.39 is 5.91 Å². The van der Waals surface area contributed by atoms with Crippen molar-refractivity contribution in [1.82, 2.24) is 0 Å². The summed E-state index contributed by atoms with van der Waals surface area (Å²) in [6.45, 7) is 0. The first-order valence-electron chi connectivity index (χ1n) is 6.67. The second-order valence-electron chi connectivity index (χ2n) is 4.69. The van der Waals surface area contributed by atoms with Gasteiger partial charge in [0.15, 0.2) is 0 Å². The number of nitrogens with one attached hydrogen (secondary N) is 1. The maximum atomic E-state index is 12.0. The number of para-hydroxylation sites is 1. The molecule has 3 N–H and O–H groups in total. The molecule has 120 valence electrons. The summed E-state index contributed by atoms with van der Waals surface area (Å²) in [6.07, 6.45) is 0. The van der Waals surface area contributed by atoms with Gasteiger partial charge in [0.25, 0.3) is 5.91 Å². The van der Waals surface area contributed by atoms with E-state index in [9.17, 15) is 9.59 Å². The number of halogens is 2. The number of nitrogens with two attached hydrogens (primary N) is 1. The summed E-state index contributed by atoms with van der Waals surface area (Å²) in [5, 5.41) is 3.83. The van der Waals surface area contributed by atoms with Crippen LogP contribution in [0, 0.1) is 0 Å². The van der Waals surface area contributed by atoms with Crippen molar-refractivity contribution in [3.8, 4) is 0 Å². The van der Waals surface area contributed by atoms with Crippen LogP contribution in [-0.4, -0.2) is 17.6 Å². The lowest BCUT2D eigenvalue weighted by Gasteiger charge is -2.09. The molecule has 0 unspecified atom stereocenters.